The third kappa shape index (κ3) is 4.25. The van der Waals surface area contributed by atoms with Crippen LogP contribution in [-0.2, 0) is 4.79 Å². The average Bonchev–Trinajstić information content (AvgIpc) is 2.24. The van der Waals surface area contributed by atoms with E-state index >= 15 is 0 Å². The highest BCUT2D eigenvalue weighted by molar-refractivity contribution is 5.77. The molecule has 1 aromatic rings. The molecule has 1 amide bonds. The zero-order valence-corrected chi connectivity index (χ0v) is 8.09. The molecule has 1 rings (SSSR count). The van der Waals surface area contributed by atoms with Crippen LogP contribution in [0.4, 0.5) is 4.39 Å². The molecule has 0 aliphatic rings. The zero-order valence-electron chi connectivity index (χ0n) is 8.09. The summed E-state index contributed by atoms with van der Waals surface area (Å²) in [6.07, 6.45) is 0. The molecule has 0 atom stereocenters. The molecule has 0 heterocycles. The first-order chi connectivity index (χ1) is 7.22. The molecule has 0 saturated carbocycles. The second-order valence-electron chi connectivity index (χ2n) is 2.79. The van der Waals surface area contributed by atoms with E-state index < -0.39 is 0 Å². The van der Waals surface area contributed by atoms with Crippen molar-refractivity contribution in [3.8, 4) is 11.8 Å². The monoisotopic (exact) mass is 206 g/mol. The van der Waals surface area contributed by atoms with Crippen molar-refractivity contribution >= 4 is 5.91 Å². The molecule has 0 spiro atoms. The van der Waals surface area contributed by atoms with E-state index in [0.717, 1.165) is 0 Å². The lowest BCUT2D eigenvalue weighted by molar-refractivity contribution is -0.119. The van der Waals surface area contributed by atoms with Gasteiger partial charge < -0.3 is 11.1 Å². The van der Waals surface area contributed by atoms with Crippen molar-refractivity contribution in [2.45, 2.75) is 0 Å². The molecule has 0 aromatic heterocycles. The highest BCUT2D eigenvalue weighted by atomic mass is 19.1. The minimum atomic E-state index is -0.326. The number of benzene rings is 1. The van der Waals surface area contributed by atoms with Gasteiger partial charge in [-0.3, -0.25) is 4.79 Å². The van der Waals surface area contributed by atoms with E-state index in [9.17, 15) is 9.18 Å². The maximum absolute atomic E-state index is 12.7. The molecule has 4 heteroatoms. The predicted molar refractivity (Wildman–Crippen MR) is 55.3 cm³/mol. The average molecular weight is 206 g/mol. The van der Waals surface area contributed by atoms with Gasteiger partial charge in [0, 0.05) is 5.56 Å². The van der Waals surface area contributed by atoms with Crippen LogP contribution in [0.25, 0.3) is 0 Å². The fraction of sp³-hybridized carbons (Fsp3) is 0.182. The molecular weight excluding hydrogens is 195 g/mol. The molecular formula is C11H11FN2O. The van der Waals surface area contributed by atoms with Crippen molar-refractivity contribution in [1.82, 2.24) is 5.32 Å². The number of rotatable bonds is 2. The lowest BCUT2D eigenvalue weighted by atomic mass is 10.2. The summed E-state index contributed by atoms with van der Waals surface area (Å²) in [5.41, 5.74) is 5.66. The summed E-state index contributed by atoms with van der Waals surface area (Å²) in [5, 5.41) is 2.49. The quantitative estimate of drug-likeness (QED) is 0.682. The van der Waals surface area contributed by atoms with Crippen molar-refractivity contribution in [1.29, 1.82) is 0 Å². The lowest BCUT2D eigenvalue weighted by Gasteiger charge is -1.95. The van der Waals surface area contributed by atoms with Gasteiger partial charge in [0.2, 0.25) is 5.91 Å². The van der Waals surface area contributed by atoms with E-state index in [1.165, 1.54) is 12.1 Å². The highest BCUT2D eigenvalue weighted by Gasteiger charge is 1.92. The minimum Gasteiger partial charge on any atom is -0.344 e. The van der Waals surface area contributed by atoms with E-state index in [-0.39, 0.29) is 24.8 Å². The number of hydrogen-bond donors (Lipinski definition) is 2. The van der Waals surface area contributed by atoms with Gasteiger partial charge >= 0.3 is 0 Å². The van der Waals surface area contributed by atoms with Crippen LogP contribution in [0.3, 0.4) is 0 Å². The fourth-order valence-corrected chi connectivity index (χ4v) is 0.927. The molecule has 78 valence electrons. The van der Waals surface area contributed by atoms with Crippen LogP contribution in [0.5, 0.6) is 0 Å². The van der Waals surface area contributed by atoms with E-state index in [0.29, 0.717) is 5.56 Å². The van der Waals surface area contributed by atoms with Crippen LogP contribution in [0.15, 0.2) is 24.3 Å². The molecule has 0 bridgehead atoms. The van der Waals surface area contributed by atoms with E-state index in [1.807, 2.05) is 0 Å². The summed E-state index contributed by atoms with van der Waals surface area (Å²) in [7, 11) is 0. The Bertz CT molecular complexity index is 407. The molecule has 15 heavy (non-hydrogen) atoms. The number of carbonyl (C=O) groups is 1. The summed E-state index contributed by atoms with van der Waals surface area (Å²) in [6, 6.07) is 5.96. The first-order valence-electron chi connectivity index (χ1n) is 4.43. The summed E-state index contributed by atoms with van der Waals surface area (Å²) >= 11 is 0. The Morgan fingerprint density at radius 3 is 3.00 bits per heavy atom. The van der Waals surface area contributed by atoms with Gasteiger partial charge in [0.1, 0.15) is 5.82 Å². The predicted octanol–water partition coefficient (Wildman–Crippen LogP) is 0.252. The molecule has 0 aliphatic carbocycles. The van der Waals surface area contributed by atoms with Crippen molar-refractivity contribution in [3.05, 3.63) is 35.6 Å². The standard InChI is InChI=1S/C11H11FN2O/c12-10-5-1-3-9(7-10)4-2-6-14-11(15)8-13/h1,3,5,7H,6,8,13H2,(H,14,15). The van der Waals surface area contributed by atoms with Gasteiger partial charge in [-0.25, -0.2) is 4.39 Å². The zero-order chi connectivity index (χ0) is 11.1. The number of nitrogens with two attached hydrogens (primary N) is 1. The Morgan fingerprint density at radius 2 is 2.33 bits per heavy atom. The summed E-state index contributed by atoms with van der Waals surface area (Å²) < 4.78 is 12.7. The molecule has 3 N–H and O–H groups in total. The maximum Gasteiger partial charge on any atom is 0.234 e. The third-order valence-corrected chi connectivity index (χ3v) is 1.62. The topological polar surface area (TPSA) is 55.1 Å². The lowest BCUT2D eigenvalue weighted by Crippen LogP contribution is -2.30. The Hall–Kier alpha value is -1.86. The Balaban J connectivity index is 2.48. The van der Waals surface area contributed by atoms with Gasteiger partial charge in [-0.15, -0.1) is 0 Å². The Kier molecular flexibility index (Phi) is 4.32. The van der Waals surface area contributed by atoms with E-state index in [2.05, 4.69) is 17.2 Å². The SMILES string of the molecule is NCC(=O)NCC#Cc1cccc(F)c1. The maximum atomic E-state index is 12.7. The highest BCUT2D eigenvalue weighted by Crippen LogP contribution is 2.00. The molecule has 0 radical (unpaired) electrons. The molecule has 0 unspecified atom stereocenters. The summed E-state index contributed by atoms with van der Waals surface area (Å²) in [4.78, 5) is 10.7. The van der Waals surface area contributed by atoms with Gasteiger partial charge in [-0.05, 0) is 18.2 Å². The van der Waals surface area contributed by atoms with Crippen LogP contribution in [0.2, 0.25) is 0 Å². The van der Waals surface area contributed by atoms with Crippen molar-refractivity contribution in [2.24, 2.45) is 5.73 Å². The second kappa shape index (κ2) is 5.78. The fourth-order valence-electron chi connectivity index (χ4n) is 0.927. The molecule has 0 fully saturated rings. The van der Waals surface area contributed by atoms with Crippen LogP contribution >= 0.6 is 0 Å². The van der Waals surface area contributed by atoms with Gasteiger partial charge in [-0.1, -0.05) is 17.9 Å². The van der Waals surface area contributed by atoms with Crippen molar-refractivity contribution in [2.75, 3.05) is 13.1 Å². The third-order valence-electron chi connectivity index (χ3n) is 1.62. The first kappa shape index (κ1) is 11.2. The van der Waals surface area contributed by atoms with Crippen LogP contribution in [0.1, 0.15) is 5.56 Å². The molecule has 0 saturated heterocycles. The van der Waals surface area contributed by atoms with Gasteiger partial charge in [0.05, 0.1) is 13.1 Å². The largest absolute Gasteiger partial charge is 0.344 e. The van der Waals surface area contributed by atoms with E-state index in [1.54, 1.807) is 12.1 Å². The van der Waals surface area contributed by atoms with Crippen molar-refractivity contribution < 1.29 is 9.18 Å². The molecule has 0 aliphatic heterocycles. The second-order valence-corrected chi connectivity index (χ2v) is 2.79. The Morgan fingerprint density at radius 1 is 1.53 bits per heavy atom. The van der Waals surface area contributed by atoms with Crippen LogP contribution in [0, 0.1) is 17.7 Å². The van der Waals surface area contributed by atoms with Crippen molar-refractivity contribution in [3.63, 3.8) is 0 Å². The number of carbonyl (C=O) groups excluding carboxylic acids is 1. The molecule has 3 nitrogen and oxygen atoms in total. The number of halogens is 1. The van der Waals surface area contributed by atoms with Gasteiger partial charge in [0.25, 0.3) is 0 Å². The summed E-state index contributed by atoms with van der Waals surface area (Å²) in [6.45, 7) is 0.161. The van der Waals surface area contributed by atoms with Crippen LogP contribution in [-0.4, -0.2) is 19.0 Å². The van der Waals surface area contributed by atoms with E-state index in [4.69, 9.17) is 5.73 Å². The number of hydrogen-bond acceptors (Lipinski definition) is 2. The summed E-state index contributed by atoms with van der Waals surface area (Å²) in [5.74, 6) is 4.82. The normalized spacial score (nSPS) is 8.93. The Labute approximate surface area is 87.5 Å². The number of nitrogens with one attached hydrogen (secondary N) is 1. The van der Waals surface area contributed by atoms with Gasteiger partial charge in [0.15, 0.2) is 0 Å². The first-order valence-corrected chi connectivity index (χ1v) is 4.43. The molecule has 1 aromatic carbocycles. The van der Waals surface area contributed by atoms with Crippen LogP contribution < -0.4 is 11.1 Å². The van der Waals surface area contributed by atoms with Gasteiger partial charge in [-0.2, -0.15) is 0 Å². The minimum absolute atomic E-state index is 0.0539. The smallest absolute Gasteiger partial charge is 0.234 e. The number of amides is 1.